The van der Waals surface area contributed by atoms with Crippen molar-refractivity contribution in [2.45, 2.75) is 19.8 Å². The van der Waals surface area contributed by atoms with Gasteiger partial charge in [0.25, 0.3) is 5.91 Å². The van der Waals surface area contributed by atoms with Gasteiger partial charge in [0.05, 0.1) is 11.1 Å². The summed E-state index contributed by atoms with van der Waals surface area (Å²) in [5.41, 5.74) is 4.39. The lowest BCUT2D eigenvalue weighted by atomic mass is 10.00. The molecule has 6 heteroatoms. The van der Waals surface area contributed by atoms with Crippen LogP contribution in [0.2, 0.25) is 0 Å². The zero-order chi connectivity index (χ0) is 22.4. The predicted octanol–water partition coefficient (Wildman–Crippen LogP) is 4.40. The van der Waals surface area contributed by atoms with Crippen molar-refractivity contribution in [3.05, 3.63) is 94.5 Å². The summed E-state index contributed by atoms with van der Waals surface area (Å²) < 4.78 is 0. The van der Waals surface area contributed by atoms with E-state index in [4.69, 9.17) is 0 Å². The Morgan fingerprint density at radius 3 is 1.84 bits per heavy atom. The molecule has 0 heterocycles. The molecule has 3 N–H and O–H groups in total. The summed E-state index contributed by atoms with van der Waals surface area (Å²) in [5.74, 6) is -1.79. The maximum Gasteiger partial charge on any atom is 0.336 e. The Kier molecular flexibility index (Phi) is 6.82. The van der Waals surface area contributed by atoms with E-state index in [1.54, 1.807) is 18.2 Å². The second-order valence-electron chi connectivity index (χ2n) is 7.34. The fourth-order valence-corrected chi connectivity index (χ4v) is 3.29. The van der Waals surface area contributed by atoms with Gasteiger partial charge >= 0.3 is 5.97 Å². The van der Waals surface area contributed by atoms with Gasteiger partial charge in [-0.15, -0.1) is 0 Å². The SMILES string of the molecule is CNc1ccc(Cc2ccc(NC(=O)c3cc(CC(C)=O)ccc3C(=O)O)cc2)cc1. The number of ketones is 1. The molecule has 0 fully saturated rings. The van der Waals surface area contributed by atoms with Crippen LogP contribution in [0, 0.1) is 0 Å². The number of nitrogens with one attached hydrogen (secondary N) is 2. The van der Waals surface area contributed by atoms with Crippen molar-refractivity contribution in [3.8, 4) is 0 Å². The first-order valence-electron chi connectivity index (χ1n) is 9.88. The lowest BCUT2D eigenvalue weighted by molar-refractivity contribution is -0.116. The molecule has 0 spiro atoms. The van der Waals surface area contributed by atoms with Crippen LogP contribution in [-0.2, 0) is 17.6 Å². The maximum atomic E-state index is 12.7. The van der Waals surface area contributed by atoms with Crippen LogP contribution in [0.3, 0.4) is 0 Å². The fourth-order valence-electron chi connectivity index (χ4n) is 3.29. The Balaban J connectivity index is 1.74. The summed E-state index contributed by atoms with van der Waals surface area (Å²) in [6.45, 7) is 1.45. The highest BCUT2D eigenvalue weighted by Gasteiger charge is 2.18. The van der Waals surface area contributed by atoms with Crippen molar-refractivity contribution < 1.29 is 19.5 Å². The van der Waals surface area contributed by atoms with Gasteiger partial charge in [0, 0.05) is 24.8 Å². The average Bonchev–Trinajstić information content (AvgIpc) is 2.75. The highest BCUT2D eigenvalue weighted by molar-refractivity contribution is 6.10. The summed E-state index contributed by atoms with van der Waals surface area (Å²) in [7, 11) is 1.88. The van der Waals surface area contributed by atoms with Crippen LogP contribution >= 0.6 is 0 Å². The highest BCUT2D eigenvalue weighted by Crippen LogP contribution is 2.19. The number of carbonyl (C=O) groups excluding carboxylic acids is 2. The number of carbonyl (C=O) groups is 3. The molecule has 0 atom stereocenters. The lowest BCUT2D eigenvalue weighted by Crippen LogP contribution is -2.17. The van der Waals surface area contributed by atoms with E-state index in [0.29, 0.717) is 11.3 Å². The molecule has 3 rings (SSSR count). The minimum Gasteiger partial charge on any atom is -0.478 e. The molecule has 0 unspecified atom stereocenters. The van der Waals surface area contributed by atoms with Gasteiger partial charge in [0.1, 0.15) is 5.78 Å². The summed E-state index contributed by atoms with van der Waals surface area (Å²) >= 11 is 0. The number of hydrogen-bond acceptors (Lipinski definition) is 4. The molecule has 0 aliphatic carbocycles. The van der Waals surface area contributed by atoms with Crippen molar-refractivity contribution >= 4 is 29.0 Å². The van der Waals surface area contributed by atoms with E-state index in [1.165, 1.54) is 24.6 Å². The summed E-state index contributed by atoms with van der Waals surface area (Å²) in [5, 5.41) is 15.2. The average molecular weight is 416 g/mol. The zero-order valence-electron chi connectivity index (χ0n) is 17.4. The van der Waals surface area contributed by atoms with Crippen LogP contribution in [0.1, 0.15) is 44.3 Å². The van der Waals surface area contributed by atoms with Crippen molar-refractivity contribution in [3.63, 3.8) is 0 Å². The molecule has 3 aromatic rings. The molecule has 0 radical (unpaired) electrons. The predicted molar refractivity (Wildman–Crippen MR) is 121 cm³/mol. The van der Waals surface area contributed by atoms with Crippen molar-refractivity contribution in [1.29, 1.82) is 0 Å². The van der Waals surface area contributed by atoms with Crippen molar-refractivity contribution in [2.24, 2.45) is 0 Å². The number of anilines is 2. The molecule has 0 saturated heterocycles. The molecular formula is C25H24N2O4. The van der Waals surface area contributed by atoms with E-state index < -0.39 is 11.9 Å². The van der Waals surface area contributed by atoms with Gasteiger partial charge < -0.3 is 15.7 Å². The van der Waals surface area contributed by atoms with Gasteiger partial charge in [0.2, 0.25) is 0 Å². The van der Waals surface area contributed by atoms with Gasteiger partial charge in [0.15, 0.2) is 0 Å². The molecule has 31 heavy (non-hydrogen) atoms. The lowest BCUT2D eigenvalue weighted by Gasteiger charge is -2.11. The van der Waals surface area contributed by atoms with Crippen LogP contribution in [0.25, 0.3) is 0 Å². The van der Waals surface area contributed by atoms with Crippen molar-refractivity contribution in [2.75, 3.05) is 17.7 Å². The first-order chi connectivity index (χ1) is 14.9. The topological polar surface area (TPSA) is 95.5 Å². The van der Waals surface area contributed by atoms with Gasteiger partial charge in [-0.25, -0.2) is 4.79 Å². The molecule has 6 nitrogen and oxygen atoms in total. The normalized spacial score (nSPS) is 10.4. The fraction of sp³-hybridized carbons (Fsp3) is 0.160. The van der Waals surface area contributed by atoms with Crippen LogP contribution < -0.4 is 10.6 Å². The van der Waals surface area contributed by atoms with E-state index in [0.717, 1.165) is 17.7 Å². The van der Waals surface area contributed by atoms with Crippen LogP contribution in [0.5, 0.6) is 0 Å². The summed E-state index contributed by atoms with van der Waals surface area (Å²) in [4.78, 5) is 35.6. The van der Waals surface area contributed by atoms with Crippen LogP contribution in [-0.4, -0.2) is 29.8 Å². The number of amides is 1. The molecule has 0 bridgehead atoms. The first-order valence-corrected chi connectivity index (χ1v) is 9.88. The highest BCUT2D eigenvalue weighted by atomic mass is 16.4. The van der Waals surface area contributed by atoms with Gasteiger partial charge in [-0.2, -0.15) is 0 Å². The van der Waals surface area contributed by atoms with Gasteiger partial charge in [-0.3, -0.25) is 9.59 Å². The molecule has 0 aliphatic rings. The van der Waals surface area contributed by atoms with Crippen molar-refractivity contribution in [1.82, 2.24) is 0 Å². The standard InChI is InChI=1S/C25H24N2O4/c1-16(28)13-19-7-12-22(25(30)31)23(15-19)24(29)27-21-10-5-18(6-11-21)14-17-3-8-20(26-2)9-4-17/h3-12,15,26H,13-14H2,1-2H3,(H,27,29)(H,30,31). The monoisotopic (exact) mass is 416 g/mol. The number of benzene rings is 3. The smallest absolute Gasteiger partial charge is 0.336 e. The Bertz CT molecular complexity index is 1100. The molecule has 3 aromatic carbocycles. The maximum absolute atomic E-state index is 12.7. The van der Waals surface area contributed by atoms with E-state index in [1.807, 2.05) is 31.3 Å². The third-order valence-electron chi connectivity index (χ3n) is 4.87. The second kappa shape index (κ2) is 9.71. The largest absolute Gasteiger partial charge is 0.478 e. The zero-order valence-corrected chi connectivity index (χ0v) is 17.4. The number of hydrogen-bond donors (Lipinski definition) is 3. The Hall–Kier alpha value is -3.93. The number of carboxylic acid groups (broad SMARTS) is 1. The minimum absolute atomic E-state index is 0.0277. The number of aromatic carboxylic acids is 1. The van der Waals surface area contributed by atoms with E-state index in [9.17, 15) is 19.5 Å². The third-order valence-corrected chi connectivity index (χ3v) is 4.87. The Morgan fingerprint density at radius 2 is 1.32 bits per heavy atom. The van der Waals surface area contributed by atoms with Gasteiger partial charge in [-0.05, 0) is 66.4 Å². The number of carboxylic acids is 1. The molecule has 158 valence electrons. The van der Waals surface area contributed by atoms with Crippen LogP contribution in [0.4, 0.5) is 11.4 Å². The van der Waals surface area contributed by atoms with Crippen LogP contribution in [0.15, 0.2) is 66.7 Å². The summed E-state index contributed by atoms with van der Waals surface area (Å²) in [6.07, 6.45) is 0.901. The number of Topliss-reactive ketones (excluding diaryl/α,β-unsaturated/α-hetero) is 1. The Morgan fingerprint density at radius 1 is 0.774 bits per heavy atom. The second-order valence-corrected chi connectivity index (χ2v) is 7.34. The molecule has 0 aliphatic heterocycles. The molecular weight excluding hydrogens is 392 g/mol. The minimum atomic E-state index is -1.20. The number of rotatable bonds is 8. The molecule has 0 aromatic heterocycles. The molecule has 1 amide bonds. The Labute approximate surface area is 180 Å². The van der Waals surface area contributed by atoms with E-state index in [-0.39, 0.29) is 23.3 Å². The quantitative estimate of drug-likeness (QED) is 0.506. The molecule has 0 saturated carbocycles. The van der Waals surface area contributed by atoms with E-state index in [2.05, 4.69) is 22.8 Å². The summed E-state index contributed by atoms with van der Waals surface area (Å²) in [6, 6.07) is 19.9. The third kappa shape index (κ3) is 5.79. The first kappa shape index (κ1) is 21.8. The van der Waals surface area contributed by atoms with E-state index >= 15 is 0 Å². The van der Waals surface area contributed by atoms with Gasteiger partial charge in [-0.1, -0.05) is 30.3 Å².